The summed E-state index contributed by atoms with van der Waals surface area (Å²) in [5, 5.41) is 3.23. The molecule has 0 fully saturated rings. The van der Waals surface area contributed by atoms with Crippen LogP contribution in [0.3, 0.4) is 0 Å². The van der Waals surface area contributed by atoms with E-state index in [1.165, 1.54) is 19.4 Å². The number of nitrogens with zero attached hydrogens (tertiary/aromatic N) is 3. The van der Waals surface area contributed by atoms with Gasteiger partial charge in [0.1, 0.15) is 11.5 Å². The van der Waals surface area contributed by atoms with Crippen LogP contribution in [0.25, 0.3) is 10.9 Å². The second kappa shape index (κ2) is 10.4. The van der Waals surface area contributed by atoms with E-state index in [1.807, 2.05) is 16.7 Å². The lowest BCUT2D eigenvalue weighted by Crippen LogP contribution is -2.23. The fourth-order valence-corrected chi connectivity index (χ4v) is 3.92. The summed E-state index contributed by atoms with van der Waals surface area (Å²) in [6.45, 7) is 2.18. The van der Waals surface area contributed by atoms with E-state index in [2.05, 4.69) is 15.3 Å². The number of carbonyl (C=O) groups is 2. The fraction of sp³-hybridized carbons (Fsp3) is 0.200. The Bertz CT molecular complexity index is 1380. The molecule has 9 nitrogen and oxygen atoms in total. The van der Waals surface area contributed by atoms with Gasteiger partial charge in [0.2, 0.25) is 5.88 Å². The zero-order valence-electron chi connectivity index (χ0n) is 19.4. The molecule has 0 spiro atoms. The molecule has 0 aliphatic heterocycles. The van der Waals surface area contributed by atoms with Crippen molar-refractivity contribution in [2.75, 3.05) is 25.6 Å². The molecular weight excluding hydrogens is 472 g/mol. The van der Waals surface area contributed by atoms with Crippen LogP contribution in [0.1, 0.15) is 21.7 Å². The summed E-state index contributed by atoms with van der Waals surface area (Å²) in [7, 11) is 3.02. The minimum absolute atomic E-state index is 0.0318. The summed E-state index contributed by atoms with van der Waals surface area (Å²) in [6.07, 6.45) is 3.07. The predicted octanol–water partition coefficient (Wildman–Crippen LogP) is 4.20. The number of anilines is 1. The lowest BCUT2D eigenvalue weighted by Gasteiger charge is -2.09. The number of fused-ring (bicyclic) bond motifs is 1. The number of aromatic nitrogens is 3. The van der Waals surface area contributed by atoms with Crippen LogP contribution in [0.4, 0.5) is 5.69 Å². The Balaban J connectivity index is 1.71. The topological polar surface area (TPSA) is 105 Å². The number of carbonyl (C=O) groups excluding carboxylic acids is 2. The summed E-state index contributed by atoms with van der Waals surface area (Å²) in [4.78, 5) is 34.7. The number of ketones is 1. The predicted molar refractivity (Wildman–Crippen MR) is 132 cm³/mol. The molecule has 0 aliphatic rings. The molecule has 1 amide bonds. The molecule has 0 unspecified atom stereocenters. The van der Waals surface area contributed by atoms with E-state index in [1.54, 1.807) is 44.5 Å². The smallest absolute Gasteiger partial charge is 0.296 e. The number of ether oxygens (including phenoxy) is 3. The minimum atomic E-state index is -0.774. The normalized spacial score (nSPS) is 10.7. The number of rotatable bonds is 9. The van der Waals surface area contributed by atoms with E-state index in [0.717, 1.165) is 11.2 Å². The summed E-state index contributed by atoms with van der Waals surface area (Å²) in [5.41, 5.74) is 2.84. The Morgan fingerprint density at radius 2 is 1.83 bits per heavy atom. The highest BCUT2D eigenvalue weighted by atomic mass is 35.5. The SMILES string of the molecule is COc1ccc2c(c1)c(C(=O)C(=O)Nc1ccnc(OC)c1)c(C)n2Cc1ccc(OCCl)cn1. The number of pyridine rings is 2. The first-order valence-electron chi connectivity index (χ1n) is 10.6. The molecule has 0 saturated heterocycles. The van der Waals surface area contributed by atoms with E-state index < -0.39 is 11.7 Å². The van der Waals surface area contributed by atoms with Crippen molar-refractivity contribution in [1.82, 2.24) is 14.5 Å². The second-order valence-corrected chi connectivity index (χ2v) is 7.76. The summed E-state index contributed by atoms with van der Waals surface area (Å²) in [6, 6.07) is 12.2. The average Bonchev–Trinajstić information content (AvgIpc) is 3.15. The minimum Gasteiger partial charge on any atom is -0.497 e. The van der Waals surface area contributed by atoms with Crippen molar-refractivity contribution in [3.63, 3.8) is 0 Å². The largest absolute Gasteiger partial charge is 0.497 e. The molecule has 1 N–H and O–H groups in total. The Labute approximate surface area is 206 Å². The van der Waals surface area contributed by atoms with Crippen molar-refractivity contribution in [3.05, 3.63) is 71.8 Å². The highest BCUT2D eigenvalue weighted by Gasteiger charge is 2.26. The molecule has 0 saturated carbocycles. The lowest BCUT2D eigenvalue weighted by atomic mass is 10.1. The van der Waals surface area contributed by atoms with E-state index in [4.69, 9.17) is 25.8 Å². The van der Waals surface area contributed by atoms with Gasteiger partial charge in [0.05, 0.1) is 38.2 Å². The average molecular weight is 495 g/mol. The van der Waals surface area contributed by atoms with Gasteiger partial charge in [-0.15, -0.1) is 0 Å². The standard InChI is InChI=1S/C25H23ClN4O5/c1-15-23(24(31)25(32)29-16-8-9-27-22(10-16)34-3)20-11-18(33-2)6-7-21(20)30(15)13-17-4-5-19(12-28-17)35-14-26/h4-12H,13-14H2,1-3H3,(H,27,29,32). The maximum atomic E-state index is 13.4. The van der Waals surface area contributed by atoms with Crippen LogP contribution >= 0.6 is 11.6 Å². The first-order chi connectivity index (χ1) is 16.9. The van der Waals surface area contributed by atoms with Crippen molar-refractivity contribution in [2.45, 2.75) is 13.5 Å². The van der Waals surface area contributed by atoms with E-state index >= 15 is 0 Å². The maximum absolute atomic E-state index is 13.4. The third-order valence-corrected chi connectivity index (χ3v) is 5.61. The zero-order valence-corrected chi connectivity index (χ0v) is 20.1. The highest BCUT2D eigenvalue weighted by Crippen LogP contribution is 2.31. The number of alkyl halides is 1. The molecule has 0 radical (unpaired) electrons. The molecule has 3 aromatic heterocycles. The van der Waals surface area contributed by atoms with Gasteiger partial charge >= 0.3 is 0 Å². The Hall–Kier alpha value is -4.11. The number of benzene rings is 1. The van der Waals surface area contributed by atoms with Crippen LogP contribution in [-0.2, 0) is 11.3 Å². The number of nitrogens with one attached hydrogen (secondary N) is 1. The summed E-state index contributed by atoms with van der Waals surface area (Å²) < 4.78 is 17.6. The molecule has 4 rings (SSSR count). The van der Waals surface area contributed by atoms with Crippen LogP contribution in [0.2, 0.25) is 0 Å². The number of halogens is 1. The van der Waals surface area contributed by atoms with Crippen LogP contribution in [0.5, 0.6) is 17.4 Å². The first kappa shape index (κ1) is 24.0. The molecule has 0 aliphatic carbocycles. The molecule has 0 bridgehead atoms. The van der Waals surface area contributed by atoms with Crippen molar-refractivity contribution < 1.29 is 23.8 Å². The quantitative estimate of drug-likeness (QED) is 0.211. The monoisotopic (exact) mass is 494 g/mol. The molecule has 1 aromatic carbocycles. The van der Waals surface area contributed by atoms with Gasteiger partial charge in [-0.25, -0.2) is 4.98 Å². The number of hydrogen-bond acceptors (Lipinski definition) is 7. The van der Waals surface area contributed by atoms with Crippen LogP contribution < -0.4 is 19.5 Å². The molecule has 10 heteroatoms. The molecule has 3 heterocycles. The molecule has 0 atom stereocenters. The second-order valence-electron chi connectivity index (χ2n) is 7.54. The summed E-state index contributed by atoms with van der Waals surface area (Å²) >= 11 is 5.60. The fourth-order valence-electron chi connectivity index (χ4n) is 3.79. The number of Topliss-reactive ketones (excluding diaryl/α,β-unsaturated/α-hetero) is 1. The van der Waals surface area contributed by atoms with Crippen LogP contribution in [0, 0.1) is 6.92 Å². The van der Waals surface area contributed by atoms with Gasteiger partial charge in [-0.2, -0.15) is 0 Å². The van der Waals surface area contributed by atoms with Crippen molar-refractivity contribution in [2.24, 2.45) is 0 Å². The third-order valence-electron chi connectivity index (χ3n) is 5.50. The maximum Gasteiger partial charge on any atom is 0.296 e. The van der Waals surface area contributed by atoms with Gasteiger partial charge < -0.3 is 24.1 Å². The van der Waals surface area contributed by atoms with Crippen LogP contribution in [0.15, 0.2) is 54.9 Å². The van der Waals surface area contributed by atoms with Gasteiger partial charge in [0.25, 0.3) is 11.7 Å². The number of hydrogen-bond donors (Lipinski definition) is 1. The van der Waals surface area contributed by atoms with E-state index in [9.17, 15) is 9.59 Å². The van der Waals surface area contributed by atoms with Gasteiger partial charge in [0.15, 0.2) is 6.07 Å². The Morgan fingerprint density at radius 1 is 1.03 bits per heavy atom. The van der Waals surface area contributed by atoms with E-state index in [0.29, 0.717) is 46.3 Å². The van der Waals surface area contributed by atoms with E-state index in [-0.39, 0.29) is 6.07 Å². The van der Waals surface area contributed by atoms with Gasteiger partial charge in [0, 0.05) is 34.5 Å². The van der Waals surface area contributed by atoms with Gasteiger partial charge in [-0.05, 0) is 43.3 Å². The molecular formula is C25H23ClN4O5. The zero-order chi connectivity index (χ0) is 24.9. The lowest BCUT2D eigenvalue weighted by molar-refractivity contribution is -0.112. The Kier molecular flexibility index (Phi) is 7.17. The van der Waals surface area contributed by atoms with Crippen LogP contribution in [-0.4, -0.2) is 46.5 Å². The number of amides is 1. The summed E-state index contributed by atoms with van der Waals surface area (Å²) in [5.74, 6) is 0.00675. The first-order valence-corrected chi connectivity index (χ1v) is 11.1. The number of methoxy groups -OCH3 is 2. The van der Waals surface area contributed by atoms with Crippen molar-refractivity contribution >= 4 is 39.9 Å². The van der Waals surface area contributed by atoms with Crippen molar-refractivity contribution in [3.8, 4) is 17.4 Å². The molecule has 180 valence electrons. The van der Waals surface area contributed by atoms with Crippen molar-refractivity contribution in [1.29, 1.82) is 0 Å². The Morgan fingerprint density at radius 3 is 2.51 bits per heavy atom. The van der Waals surface area contributed by atoms with Gasteiger partial charge in [-0.1, -0.05) is 11.6 Å². The highest BCUT2D eigenvalue weighted by molar-refractivity contribution is 6.48. The third kappa shape index (κ3) is 5.04. The van der Waals surface area contributed by atoms with Gasteiger partial charge in [-0.3, -0.25) is 14.6 Å². The molecule has 4 aromatic rings. The molecule has 35 heavy (non-hydrogen) atoms.